The zero-order valence-electron chi connectivity index (χ0n) is 9.16. The molecule has 0 aliphatic carbocycles. The van der Waals surface area contributed by atoms with Gasteiger partial charge in [0.05, 0.1) is 5.56 Å². The van der Waals surface area contributed by atoms with Crippen molar-refractivity contribution in [3.63, 3.8) is 0 Å². The third kappa shape index (κ3) is 2.26. The van der Waals surface area contributed by atoms with Gasteiger partial charge in [0.1, 0.15) is 0 Å². The molecule has 1 aromatic rings. The molecule has 2 rings (SSSR count). The Bertz CT molecular complexity index is 491. The summed E-state index contributed by atoms with van der Waals surface area (Å²) >= 11 is 0. The van der Waals surface area contributed by atoms with Crippen molar-refractivity contribution < 1.29 is 14.3 Å². The zero-order chi connectivity index (χ0) is 12.3. The average Bonchev–Trinajstić information content (AvgIpc) is 2.75. The molecule has 0 radical (unpaired) electrons. The van der Waals surface area contributed by atoms with Gasteiger partial charge in [0, 0.05) is 24.7 Å². The van der Waals surface area contributed by atoms with Crippen molar-refractivity contribution in [2.75, 3.05) is 19.1 Å². The molecule has 1 aliphatic heterocycles. The van der Waals surface area contributed by atoms with Gasteiger partial charge in [0.25, 0.3) is 5.91 Å². The molecule has 17 heavy (non-hydrogen) atoms. The highest BCUT2D eigenvalue weighted by atomic mass is 16.7. The average molecular weight is 232 g/mol. The van der Waals surface area contributed by atoms with Crippen molar-refractivity contribution in [2.24, 2.45) is 0 Å². The summed E-state index contributed by atoms with van der Waals surface area (Å²) in [5.74, 6) is 3.26. The van der Waals surface area contributed by atoms with Crippen molar-refractivity contribution >= 4 is 11.6 Å². The molecular weight excluding hydrogens is 220 g/mol. The fraction of sp³-hybridized carbons (Fsp3) is 0.250. The fourth-order valence-corrected chi connectivity index (χ4v) is 1.50. The predicted octanol–water partition coefficient (Wildman–Crippen LogP) is 0.751. The topological polar surface area (TPSA) is 73.6 Å². The number of nitrogen functional groups attached to an aromatic ring is 1. The van der Waals surface area contributed by atoms with Crippen LogP contribution >= 0.6 is 0 Å². The minimum atomic E-state index is -0.268. The van der Waals surface area contributed by atoms with E-state index in [2.05, 4.69) is 11.2 Å². The van der Waals surface area contributed by atoms with Gasteiger partial charge in [-0.15, -0.1) is 12.3 Å². The minimum absolute atomic E-state index is 0.150. The molecule has 0 bridgehead atoms. The third-order valence-corrected chi connectivity index (χ3v) is 2.34. The molecule has 3 N–H and O–H groups in total. The summed E-state index contributed by atoms with van der Waals surface area (Å²) in [7, 11) is 0. The Morgan fingerprint density at radius 2 is 2.18 bits per heavy atom. The molecule has 5 heteroatoms. The molecule has 1 amide bonds. The Kier molecular flexibility index (Phi) is 3.06. The molecule has 0 saturated heterocycles. The SMILES string of the molecule is C#CCCNC(=O)c1cc2c(cc1N)OCO2. The molecule has 0 saturated carbocycles. The lowest BCUT2D eigenvalue weighted by Crippen LogP contribution is -2.25. The van der Waals surface area contributed by atoms with Gasteiger partial charge in [-0.3, -0.25) is 4.79 Å². The number of benzene rings is 1. The number of amides is 1. The second-order valence-corrected chi connectivity index (χ2v) is 3.50. The second-order valence-electron chi connectivity index (χ2n) is 3.50. The predicted molar refractivity (Wildman–Crippen MR) is 62.8 cm³/mol. The third-order valence-electron chi connectivity index (χ3n) is 2.34. The first-order chi connectivity index (χ1) is 8.22. The number of nitrogens with one attached hydrogen (secondary N) is 1. The van der Waals surface area contributed by atoms with Gasteiger partial charge < -0.3 is 20.5 Å². The molecule has 1 aliphatic rings. The van der Waals surface area contributed by atoms with E-state index in [1.165, 1.54) is 0 Å². The quantitative estimate of drug-likeness (QED) is 0.458. The molecule has 0 aromatic heterocycles. The first kappa shape index (κ1) is 11.1. The van der Waals surface area contributed by atoms with Crippen molar-refractivity contribution in [3.8, 4) is 23.8 Å². The lowest BCUT2D eigenvalue weighted by atomic mass is 10.1. The van der Waals surface area contributed by atoms with Gasteiger partial charge in [-0.2, -0.15) is 0 Å². The van der Waals surface area contributed by atoms with Crippen LogP contribution in [0.15, 0.2) is 12.1 Å². The Hall–Kier alpha value is -2.35. The van der Waals surface area contributed by atoms with Crippen LogP contribution in [0, 0.1) is 12.3 Å². The van der Waals surface area contributed by atoms with E-state index in [1.54, 1.807) is 12.1 Å². The second kappa shape index (κ2) is 4.66. The van der Waals surface area contributed by atoms with Crippen LogP contribution in [0.25, 0.3) is 0 Å². The van der Waals surface area contributed by atoms with Crippen LogP contribution in [0.1, 0.15) is 16.8 Å². The highest BCUT2D eigenvalue weighted by Crippen LogP contribution is 2.35. The number of carbonyl (C=O) groups is 1. The summed E-state index contributed by atoms with van der Waals surface area (Å²) in [5, 5.41) is 2.67. The summed E-state index contributed by atoms with van der Waals surface area (Å²) in [5.41, 5.74) is 6.48. The van der Waals surface area contributed by atoms with Gasteiger partial charge in [-0.05, 0) is 6.07 Å². The Morgan fingerprint density at radius 3 is 2.88 bits per heavy atom. The van der Waals surface area contributed by atoms with E-state index in [0.29, 0.717) is 35.7 Å². The van der Waals surface area contributed by atoms with E-state index in [-0.39, 0.29) is 12.7 Å². The Morgan fingerprint density at radius 1 is 1.47 bits per heavy atom. The smallest absolute Gasteiger partial charge is 0.253 e. The maximum Gasteiger partial charge on any atom is 0.253 e. The molecule has 1 aromatic carbocycles. The number of rotatable bonds is 3. The van der Waals surface area contributed by atoms with Crippen LogP contribution in [0.2, 0.25) is 0 Å². The molecule has 1 heterocycles. The monoisotopic (exact) mass is 232 g/mol. The van der Waals surface area contributed by atoms with Crippen LogP contribution in [-0.2, 0) is 0 Å². The summed E-state index contributed by atoms with van der Waals surface area (Å²) in [6.07, 6.45) is 5.58. The maximum atomic E-state index is 11.8. The standard InChI is InChI=1S/C12H12N2O3/c1-2-3-4-14-12(15)8-5-10-11(6-9(8)13)17-7-16-10/h1,5-6H,3-4,7,13H2,(H,14,15). The lowest BCUT2D eigenvalue weighted by molar-refractivity contribution is 0.0955. The number of hydrogen-bond donors (Lipinski definition) is 2. The number of ether oxygens (including phenoxy) is 2. The van der Waals surface area contributed by atoms with Crippen LogP contribution in [0.4, 0.5) is 5.69 Å². The van der Waals surface area contributed by atoms with Crippen LogP contribution < -0.4 is 20.5 Å². The van der Waals surface area contributed by atoms with Crippen LogP contribution in [0.3, 0.4) is 0 Å². The van der Waals surface area contributed by atoms with E-state index < -0.39 is 0 Å². The lowest BCUT2D eigenvalue weighted by Gasteiger charge is -2.07. The van der Waals surface area contributed by atoms with E-state index in [9.17, 15) is 4.79 Å². The summed E-state index contributed by atoms with van der Waals surface area (Å²) in [4.78, 5) is 11.8. The highest BCUT2D eigenvalue weighted by molar-refractivity contribution is 6.00. The van der Waals surface area contributed by atoms with Gasteiger partial charge in [0.2, 0.25) is 6.79 Å². The minimum Gasteiger partial charge on any atom is -0.454 e. The molecular formula is C12H12N2O3. The number of terminal acetylenes is 1. The summed E-state index contributed by atoms with van der Waals surface area (Å²) in [6, 6.07) is 3.15. The van der Waals surface area contributed by atoms with Crippen LogP contribution in [0.5, 0.6) is 11.5 Å². The summed E-state index contributed by atoms with van der Waals surface area (Å²) in [6.45, 7) is 0.570. The van der Waals surface area contributed by atoms with Crippen molar-refractivity contribution in [3.05, 3.63) is 17.7 Å². The highest BCUT2D eigenvalue weighted by Gasteiger charge is 2.19. The van der Waals surface area contributed by atoms with Gasteiger partial charge in [-0.25, -0.2) is 0 Å². The van der Waals surface area contributed by atoms with Crippen molar-refractivity contribution in [1.29, 1.82) is 0 Å². The van der Waals surface area contributed by atoms with E-state index >= 15 is 0 Å². The number of hydrogen-bond acceptors (Lipinski definition) is 4. The molecule has 0 fully saturated rings. The van der Waals surface area contributed by atoms with Crippen molar-refractivity contribution in [2.45, 2.75) is 6.42 Å². The van der Waals surface area contributed by atoms with E-state index in [4.69, 9.17) is 21.6 Å². The van der Waals surface area contributed by atoms with Gasteiger partial charge in [0.15, 0.2) is 11.5 Å². The molecule has 0 atom stereocenters. The van der Waals surface area contributed by atoms with Crippen molar-refractivity contribution in [1.82, 2.24) is 5.32 Å². The van der Waals surface area contributed by atoms with E-state index in [0.717, 1.165) is 0 Å². The Labute approximate surface area is 98.9 Å². The normalized spacial score (nSPS) is 11.9. The van der Waals surface area contributed by atoms with Gasteiger partial charge >= 0.3 is 0 Å². The number of anilines is 1. The first-order valence-corrected chi connectivity index (χ1v) is 5.13. The van der Waals surface area contributed by atoms with Gasteiger partial charge in [-0.1, -0.05) is 0 Å². The maximum absolute atomic E-state index is 11.8. The van der Waals surface area contributed by atoms with E-state index in [1.807, 2.05) is 0 Å². The molecule has 88 valence electrons. The summed E-state index contributed by atoms with van der Waals surface area (Å²) < 4.78 is 10.3. The molecule has 0 spiro atoms. The first-order valence-electron chi connectivity index (χ1n) is 5.13. The van der Waals surface area contributed by atoms with Crippen LogP contribution in [-0.4, -0.2) is 19.2 Å². The number of nitrogens with two attached hydrogens (primary N) is 1. The number of fused-ring (bicyclic) bond motifs is 1. The molecule has 5 nitrogen and oxygen atoms in total. The zero-order valence-corrected chi connectivity index (χ0v) is 9.16. The Balaban J connectivity index is 2.16. The molecule has 0 unspecified atom stereocenters. The largest absolute Gasteiger partial charge is 0.454 e. The fourth-order valence-electron chi connectivity index (χ4n) is 1.50. The number of carbonyl (C=O) groups excluding carboxylic acids is 1.